The number of nitrogens with two attached hydrogens (primary N) is 1. The lowest BCUT2D eigenvalue weighted by Crippen LogP contribution is -2.11. The van der Waals surface area contributed by atoms with Crippen molar-refractivity contribution < 1.29 is 14.3 Å². The van der Waals surface area contributed by atoms with Crippen LogP contribution in [0.15, 0.2) is 18.2 Å². The highest BCUT2D eigenvalue weighted by Crippen LogP contribution is 2.24. The number of carbonyl (C=O) groups is 1. The van der Waals surface area contributed by atoms with Crippen LogP contribution in [-0.2, 0) is 9.47 Å². The minimum Gasteiger partial charge on any atom is -0.460 e. The number of nitrogen functional groups attached to an aromatic ring is 1. The van der Waals surface area contributed by atoms with Crippen molar-refractivity contribution in [1.29, 1.82) is 0 Å². The standard InChI is InChI=1S/C14H18N2O3S/c1-2-3-6-18-7-8-19-13(17)10-4-5-11-12(9-10)20-14(15)16-11/h4-5,9H,2-3,6-8H2,1H3,(H2,15,16). The van der Waals surface area contributed by atoms with Crippen LogP contribution in [0.1, 0.15) is 30.1 Å². The number of hydrogen-bond acceptors (Lipinski definition) is 6. The van der Waals surface area contributed by atoms with E-state index in [0.717, 1.165) is 23.1 Å². The maximum Gasteiger partial charge on any atom is 0.338 e. The summed E-state index contributed by atoms with van der Waals surface area (Å²) in [5, 5.41) is 0.495. The quantitative estimate of drug-likeness (QED) is 0.628. The van der Waals surface area contributed by atoms with Crippen molar-refractivity contribution in [2.24, 2.45) is 0 Å². The van der Waals surface area contributed by atoms with Gasteiger partial charge in [-0.05, 0) is 24.6 Å². The zero-order valence-electron chi connectivity index (χ0n) is 11.4. The van der Waals surface area contributed by atoms with Crippen LogP contribution in [0.3, 0.4) is 0 Å². The van der Waals surface area contributed by atoms with Gasteiger partial charge in [-0.1, -0.05) is 24.7 Å². The molecule has 2 aromatic rings. The van der Waals surface area contributed by atoms with Crippen LogP contribution in [0.2, 0.25) is 0 Å². The summed E-state index contributed by atoms with van der Waals surface area (Å²) < 4.78 is 11.4. The largest absolute Gasteiger partial charge is 0.460 e. The van der Waals surface area contributed by atoms with Gasteiger partial charge in [-0.15, -0.1) is 0 Å². The normalized spacial score (nSPS) is 10.8. The second kappa shape index (κ2) is 7.21. The average Bonchev–Trinajstić information content (AvgIpc) is 2.81. The smallest absolute Gasteiger partial charge is 0.338 e. The molecule has 0 amide bonds. The third-order valence-electron chi connectivity index (χ3n) is 2.74. The predicted molar refractivity (Wildman–Crippen MR) is 80.0 cm³/mol. The summed E-state index contributed by atoms with van der Waals surface area (Å²) in [5.41, 5.74) is 6.94. The molecule has 0 fully saturated rings. The Labute approximate surface area is 121 Å². The summed E-state index contributed by atoms with van der Waals surface area (Å²) in [6.45, 7) is 3.51. The molecule has 2 N–H and O–H groups in total. The number of ether oxygens (including phenoxy) is 2. The van der Waals surface area contributed by atoms with Gasteiger partial charge in [-0.25, -0.2) is 9.78 Å². The summed E-state index contributed by atoms with van der Waals surface area (Å²) in [6, 6.07) is 5.22. The summed E-state index contributed by atoms with van der Waals surface area (Å²) in [7, 11) is 0. The van der Waals surface area contributed by atoms with E-state index in [4.69, 9.17) is 15.2 Å². The molecular weight excluding hydrogens is 276 g/mol. The molecule has 0 bridgehead atoms. The molecule has 0 atom stereocenters. The van der Waals surface area contributed by atoms with E-state index in [0.29, 0.717) is 23.9 Å². The number of hydrogen-bond donors (Lipinski definition) is 1. The molecule has 0 unspecified atom stereocenters. The van der Waals surface area contributed by atoms with Crippen molar-refractivity contribution in [1.82, 2.24) is 4.98 Å². The highest BCUT2D eigenvalue weighted by atomic mass is 32.1. The Morgan fingerprint density at radius 3 is 3.00 bits per heavy atom. The van der Waals surface area contributed by atoms with Crippen molar-refractivity contribution >= 4 is 32.7 Å². The number of esters is 1. The van der Waals surface area contributed by atoms with Gasteiger partial charge in [-0.2, -0.15) is 0 Å². The van der Waals surface area contributed by atoms with Gasteiger partial charge >= 0.3 is 5.97 Å². The number of anilines is 1. The van der Waals surface area contributed by atoms with E-state index in [2.05, 4.69) is 11.9 Å². The lowest BCUT2D eigenvalue weighted by molar-refractivity contribution is 0.0314. The summed E-state index contributed by atoms with van der Waals surface area (Å²) in [5.74, 6) is -0.349. The van der Waals surface area contributed by atoms with Crippen LogP contribution in [0.25, 0.3) is 10.2 Å². The minimum absolute atomic E-state index is 0.269. The molecule has 1 aromatic heterocycles. The Bertz CT molecular complexity index is 583. The first-order valence-corrected chi connectivity index (χ1v) is 7.43. The molecule has 0 radical (unpaired) electrons. The molecule has 0 aliphatic carbocycles. The molecule has 1 aromatic carbocycles. The zero-order chi connectivity index (χ0) is 14.4. The number of thiazole rings is 1. The fourth-order valence-electron chi connectivity index (χ4n) is 1.69. The molecule has 6 heteroatoms. The van der Waals surface area contributed by atoms with Crippen LogP contribution in [0.4, 0.5) is 5.13 Å². The first-order chi connectivity index (χ1) is 9.70. The van der Waals surface area contributed by atoms with Crippen LogP contribution in [0.5, 0.6) is 0 Å². The number of fused-ring (bicyclic) bond motifs is 1. The van der Waals surface area contributed by atoms with E-state index in [-0.39, 0.29) is 12.6 Å². The molecule has 0 saturated carbocycles. The maximum absolute atomic E-state index is 11.9. The van der Waals surface area contributed by atoms with Gasteiger partial charge in [0.1, 0.15) is 6.61 Å². The van der Waals surface area contributed by atoms with E-state index >= 15 is 0 Å². The predicted octanol–water partition coefficient (Wildman–Crippen LogP) is 2.85. The van der Waals surface area contributed by atoms with Crippen LogP contribution in [0, 0.1) is 0 Å². The second-order valence-corrected chi connectivity index (χ2v) is 5.40. The topological polar surface area (TPSA) is 74.4 Å². The Morgan fingerprint density at radius 2 is 2.20 bits per heavy atom. The number of rotatable bonds is 7. The summed E-state index contributed by atoms with van der Waals surface area (Å²) in [6.07, 6.45) is 2.12. The summed E-state index contributed by atoms with van der Waals surface area (Å²) >= 11 is 1.36. The minimum atomic E-state index is -0.349. The summed E-state index contributed by atoms with van der Waals surface area (Å²) in [4.78, 5) is 16.0. The Balaban J connectivity index is 1.84. The van der Waals surface area contributed by atoms with Crippen molar-refractivity contribution in [2.75, 3.05) is 25.6 Å². The highest BCUT2D eigenvalue weighted by Gasteiger charge is 2.09. The van der Waals surface area contributed by atoms with Crippen LogP contribution < -0.4 is 5.73 Å². The molecule has 0 aliphatic rings. The monoisotopic (exact) mass is 294 g/mol. The molecule has 2 rings (SSSR count). The molecule has 0 aliphatic heterocycles. The van der Waals surface area contributed by atoms with E-state index in [9.17, 15) is 4.79 Å². The van der Waals surface area contributed by atoms with E-state index < -0.39 is 0 Å². The number of carbonyl (C=O) groups excluding carboxylic acids is 1. The van der Waals surface area contributed by atoms with Crippen LogP contribution in [-0.4, -0.2) is 30.8 Å². The molecule has 0 spiro atoms. The second-order valence-electron chi connectivity index (χ2n) is 4.34. The average molecular weight is 294 g/mol. The highest BCUT2D eigenvalue weighted by molar-refractivity contribution is 7.22. The SMILES string of the molecule is CCCCOCCOC(=O)c1ccc2nc(N)sc2c1. The van der Waals surface area contributed by atoms with Crippen molar-refractivity contribution in [3.63, 3.8) is 0 Å². The van der Waals surface area contributed by atoms with E-state index in [1.165, 1.54) is 11.3 Å². The maximum atomic E-state index is 11.9. The Hall–Kier alpha value is -1.66. The molecule has 0 saturated heterocycles. The number of benzene rings is 1. The van der Waals surface area contributed by atoms with Crippen LogP contribution >= 0.6 is 11.3 Å². The fourth-order valence-corrected chi connectivity index (χ4v) is 2.47. The third kappa shape index (κ3) is 3.91. The van der Waals surface area contributed by atoms with Gasteiger partial charge in [0.15, 0.2) is 5.13 Å². The molecule has 5 nitrogen and oxygen atoms in total. The molecule has 20 heavy (non-hydrogen) atoms. The zero-order valence-corrected chi connectivity index (χ0v) is 12.2. The van der Waals surface area contributed by atoms with Gasteiger partial charge in [0.2, 0.25) is 0 Å². The van der Waals surface area contributed by atoms with Gasteiger partial charge in [0, 0.05) is 6.61 Å². The van der Waals surface area contributed by atoms with Crippen molar-refractivity contribution in [3.8, 4) is 0 Å². The van der Waals surface area contributed by atoms with Gasteiger partial charge in [-0.3, -0.25) is 0 Å². The molecular formula is C14H18N2O3S. The first kappa shape index (κ1) is 14.7. The first-order valence-electron chi connectivity index (χ1n) is 6.61. The fraction of sp³-hybridized carbons (Fsp3) is 0.429. The van der Waals surface area contributed by atoms with E-state index in [1.54, 1.807) is 18.2 Å². The van der Waals surface area contributed by atoms with Gasteiger partial charge in [0.05, 0.1) is 22.4 Å². The lowest BCUT2D eigenvalue weighted by Gasteiger charge is -2.05. The number of unbranched alkanes of at least 4 members (excludes halogenated alkanes) is 1. The van der Waals surface area contributed by atoms with Gasteiger partial charge < -0.3 is 15.2 Å². The van der Waals surface area contributed by atoms with Gasteiger partial charge in [0.25, 0.3) is 0 Å². The Morgan fingerprint density at radius 1 is 1.35 bits per heavy atom. The number of nitrogens with zero attached hydrogens (tertiary/aromatic N) is 1. The third-order valence-corrected chi connectivity index (χ3v) is 3.59. The van der Waals surface area contributed by atoms with E-state index in [1.807, 2.05) is 0 Å². The van der Waals surface area contributed by atoms with Crippen molar-refractivity contribution in [3.05, 3.63) is 23.8 Å². The van der Waals surface area contributed by atoms with Crippen molar-refractivity contribution in [2.45, 2.75) is 19.8 Å². The number of aromatic nitrogens is 1. The Kier molecular flexibility index (Phi) is 5.31. The lowest BCUT2D eigenvalue weighted by atomic mass is 10.2. The molecule has 1 heterocycles. The molecule has 108 valence electrons.